The van der Waals surface area contributed by atoms with E-state index in [1.807, 2.05) is 0 Å². The molecule has 1 saturated carbocycles. The van der Waals surface area contributed by atoms with Crippen molar-refractivity contribution >= 4 is 29.1 Å². The van der Waals surface area contributed by atoms with E-state index in [2.05, 4.69) is 5.32 Å². The molecule has 3 nitrogen and oxygen atoms in total. The lowest BCUT2D eigenvalue weighted by Gasteiger charge is -2.33. The van der Waals surface area contributed by atoms with Gasteiger partial charge in [0.15, 0.2) is 0 Å². The summed E-state index contributed by atoms with van der Waals surface area (Å²) in [5, 5.41) is 3.60. The predicted molar refractivity (Wildman–Crippen MR) is 64.9 cm³/mol. The Balaban J connectivity index is 2.09. The van der Waals surface area contributed by atoms with Crippen LogP contribution in [0.3, 0.4) is 0 Å². The molecular formula is C11H12Cl2N2O. The highest BCUT2D eigenvalue weighted by atomic mass is 35.5. The van der Waals surface area contributed by atoms with Crippen molar-refractivity contribution in [3.63, 3.8) is 0 Å². The van der Waals surface area contributed by atoms with Crippen LogP contribution in [0.25, 0.3) is 0 Å². The second-order valence-electron chi connectivity index (χ2n) is 4.00. The molecule has 0 bridgehead atoms. The molecule has 0 radical (unpaired) electrons. The Kier molecular flexibility index (Phi) is 3.38. The minimum absolute atomic E-state index is 0.148. The fraction of sp³-hybridized carbons (Fsp3) is 0.364. The third-order valence-corrected chi connectivity index (χ3v) is 3.33. The molecule has 0 aromatic heterocycles. The Hall–Kier alpha value is -0.770. The molecule has 0 aliphatic heterocycles. The molecule has 3 N–H and O–H groups in total. The molecule has 0 saturated heterocycles. The Bertz CT molecular complexity index is 396. The summed E-state index contributed by atoms with van der Waals surface area (Å²) in [4.78, 5) is 11.9. The van der Waals surface area contributed by atoms with Gasteiger partial charge in [0.25, 0.3) is 5.91 Å². The molecule has 1 amide bonds. The van der Waals surface area contributed by atoms with Gasteiger partial charge in [0, 0.05) is 12.1 Å². The van der Waals surface area contributed by atoms with E-state index in [9.17, 15) is 4.79 Å². The highest BCUT2D eigenvalue weighted by molar-refractivity contribution is 6.39. The van der Waals surface area contributed by atoms with Gasteiger partial charge < -0.3 is 11.1 Å². The summed E-state index contributed by atoms with van der Waals surface area (Å²) in [6.45, 7) is 0. The van der Waals surface area contributed by atoms with Crippen LogP contribution in [-0.2, 0) is 0 Å². The van der Waals surface area contributed by atoms with E-state index in [0.29, 0.717) is 15.6 Å². The molecule has 0 unspecified atom stereocenters. The van der Waals surface area contributed by atoms with Crippen molar-refractivity contribution in [1.29, 1.82) is 0 Å². The van der Waals surface area contributed by atoms with Gasteiger partial charge in [-0.25, -0.2) is 0 Å². The monoisotopic (exact) mass is 258 g/mol. The van der Waals surface area contributed by atoms with Crippen molar-refractivity contribution in [2.45, 2.75) is 24.9 Å². The van der Waals surface area contributed by atoms with Gasteiger partial charge >= 0.3 is 0 Å². The Morgan fingerprint density at radius 3 is 2.38 bits per heavy atom. The number of nitrogens with two attached hydrogens (primary N) is 1. The molecule has 1 aliphatic rings. The van der Waals surface area contributed by atoms with Crippen molar-refractivity contribution in [2.24, 2.45) is 5.73 Å². The molecule has 16 heavy (non-hydrogen) atoms. The molecule has 5 heteroatoms. The second-order valence-corrected chi connectivity index (χ2v) is 4.81. The van der Waals surface area contributed by atoms with Crippen molar-refractivity contribution in [2.75, 3.05) is 0 Å². The fourth-order valence-electron chi connectivity index (χ4n) is 1.75. The first-order chi connectivity index (χ1) is 7.58. The first-order valence-electron chi connectivity index (χ1n) is 5.08. The fourth-order valence-corrected chi connectivity index (χ4v) is 2.32. The van der Waals surface area contributed by atoms with E-state index in [1.165, 1.54) is 0 Å². The summed E-state index contributed by atoms with van der Waals surface area (Å²) < 4.78 is 0. The summed E-state index contributed by atoms with van der Waals surface area (Å²) in [7, 11) is 0. The van der Waals surface area contributed by atoms with Crippen molar-refractivity contribution in [3.8, 4) is 0 Å². The predicted octanol–water partition coefficient (Wildman–Crippen LogP) is 2.21. The summed E-state index contributed by atoms with van der Waals surface area (Å²) in [5.74, 6) is -0.229. The number of hydrogen-bond donors (Lipinski definition) is 2. The van der Waals surface area contributed by atoms with E-state index in [1.54, 1.807) is 18.2 Å². The summed E-state index contributed by atoms with van der Waals surface area (Å²) in [5.41, 5.74) is 5.98. The molecule has 1 aliphatic carbocycles. The van der Waals surface area contributed by atoms with Gasteiger partial charge in [0.2, 0.25) is 0 Å². The number of carbonyl (C=O) groups excluding carboxylic acids is 1. The Morgan fingerprint density at radius 1 is 1.31 bits per heavy atom. The van der Waals surface area contributed by atoms with Gasteiger partial charge in [-0.1, -0.05) is 29.3 Å². The highest BCUT2D eigenvalue weighted by Crippen LogP contribution is 2.25. The maximum atomic E-state index is 11.9. The van der Waals surface area contributed by atoms with Crippen molar-refractivity contribution in [1.82, 2.24) is 5.32 Å². The standard InChI is InChI=1S/C11H12Cl2N2O/c12-8-2-1-3-9(13)10(8)11(16)15-7-4-6(14)5-7/h1-3,6-7H,4-5,14H2,(H,15,16). The molecule has 0 spiro atoms. The smallest absolute Gasteiger partial charge is 0.254 e. The van der Waals surface area contributed by atoms with E-state index < -0.39 is 0 Å². The van der Waals surface area contributed by atoms with Gasteiger partial charge in [0.1, 0.15) is 0 Å². The minimum atomic E-state index is -0.229. The van der Waals surface area contributed by atoms with Gasteiger partial charge in [-0.3, -0.25) is 4.79 Å². The molecule has 0 heterocycles. The van der Waals surface area contributed by atoms with Crippen LogP contribution in [0, 0.1) is 0 Å². The number of nitrogens with one attached hydrogen (secondary N) is 1. The van der Waals surface area contributed by atoms with Crippen molar-refractivity contribution in [3.05, 3.63) is 33.8 Å². The summed E-state index contributed by atoms with van der Waals surface area (Å²) in [6.07, 6.45) is 1.63. The highest BCUT2D eigenvalue weighted by Gasteiger charge is 2.28. The topological polar surface area (TPSA) is 55.1 Å². The largest absolute Gasteiger partial charge is 0.349 e. The number of carbonyl (C=O) groups is 1. The van der Waals surface area contributed by atoms with Gasteiger partial charge in [-0.05, 0) is 25.0 Å². The average molecular weight is 259 g/mol. The SMILES string of the molecule is NC1CC(NC(=O)c2c(Cl)cccc2Cl)C1. The summed E-state index contributed by atoms with van der Waals surface area (Å²) >= 11 is 11.9. The van der Waals surface area contributed by atoms with Gasteiger partial charge in [0.05, 0.1) is 15.6 Å². The lowest BCUT2D eigenvalue weighted by molar-refractivity contribution is 0.0910. The van der Waals surface area contributed by atoms with Crippen molar-refractivity contribution < 1.29 is 4.79 Å². The van der Waals surface area contributed by atoms with Gasteiger partial charge in [-0.15, -0.1) is 0 Å². The molecule has 2 rings (SSSR count). The lowest BCUT2D eigenvalue weighted by atomic mass is 9.87. The maximum absolute atomic E-state index is 11.9. The van der Waals surface area contributed by atoms with Crippen LogP contribution in [0.5, 0.6) is 0 Å². The molecule has 0 atom stereocenters. The van der Waals surface area contributed by atoms with Crippen LogP contribution in [-0.4, -0.2) is 18.0 Å². The van der Waals surface area contributed by atoms with Crippen LogP contribution >= 0.6 is 23.2 Å². The summed E-state index contributed by atoms with van der Waals surface area (Å²) in [6, 6.07) is 5.35. The zero-order valence-electron chi connectivity index (χ0n) is 8.54. The van der Waals surface area contributed by atoms with Crippen LogP contribution in [0.1, 0.15) is 23.2 Å². The van der Waals surface area contributed by atoms with Crippen LogP contribution in [0.15, 0.2) is 18.2 Å². The number of halogens is 2. The molecule has 1 aromatic rings. The third-order valence-electron chi connectivity index (χ3n) is 2.70. The zero-order valence-corrected chi connectivity index (χ0v) is 10.1. The van der Waals surface area contributed by atoms with Gasteiger partial charge in [-0.2, -0.15) is 0 Å². The van der Waals surface area contributed by atoms with Crippen LogP contribution < -0.4 is 11.1 Å². The Morgan fingerprint density at radius 2 is 1.88 bits per heavy atom. The lowest BCUT2D eigenvalue weighted by Crippen LogP contribution is -2.50. The first-order valence-corrected chi connectivity index (χ1v) is 5.84. The van der Waals surface area contributed by atoms with E-state index in [0.717, 1.165) is 12.8 Å². The normalized spacial score (nSPS) is 23.7. The molecule has 86 valence electrons. The maximum Gasteiger partial charge on any atom is 0.254 e. The van der Waals surface area contributed by atoms with Crippen LogP contribution in [0.4, 0.5) is 0 Å². The number of hydrogen-bond acceptors (Lipinski definition) is 2. The number of benzene rings is 1. The number of amides is 1. The number of rotatable bonds is 2. The molecule has 1 fully saturated rings. The first kappa shape index (κ1) is 11.7. The zero-order chi connectivity index (χ0) is 11.7. The Labute approximate surface area is 104 Å². The van der Waals surface area contributed by atoms with Crippen LogP contribution in [0.2, 0.25) is 10.0 Å². The van der Waals surface area contributed by atoms with E-state index >= 15 is 0 Å². The van der Waals surface area contributed by atoms with E-state index in [4.69, 9.17) is 28.9 Å². The average Bonchev–Trinajstić information content (AvgIpc) is 2.15. The quantitative estimate of drug-likeness (QED) is 0.855. The molecule has 1 aromatic carbocycles. The van der Waals surface area contributed by atoms with E-state index in [-0.39, 0.29) is 18.0 Å². The minimum Gasteiger partial charge on any atom is -0.349 e. The second kappa shape index (κ2) is 4.62. The third kappa shape index (κ3) is 2.32. The molecular weight excluding hydrogens is 247 g/mol.